The Labute approximate surface area is 181 Å². The molecular formula is C24H28N6O. The highest BCUT2D eigenvalue weighted by atomic mass is 16.5. The molecule has 0 amide bonds. The first-order valence-electron chi connectivity index (χ1n) is 10.9. The van der Waals surface area contributed by atoms with Gasteiger partial charge >= 0.3 is 0 Å². The Balaban J connectivity index is 1.52. The van der Waals surface area contributed by atoms with Gasteiger partial charge in [0.2, 0.25) is 0 Å². The molecule has 160 valence electrons. The average molecular weight is 417 g/mol. The quantitative estimate of drug-likeness (QED) is 0.533. The summed E-state index contributed by atoms with van der Waals surface area (Å²) in [7, 11) is 0. The maximum atomic E-state index is 6.11. The summed E-state index contributed by atoms with van der Waals surface area (Å²) >= 11 is 0. The van der Waals surface area contributed by atoms with Gasteiger partial charge < -0.3 is 10.5 Å². The van der Waals surface area contributed by atoms with E-state index in [1.165, 1.54) is 5.56 Å². The van der Waals surface area contributed by atoms with Crippen LogP contribution in [0.5, 0.6) is 5.75 Å². The number of ether oxygens (including phenoxy) is 1. The SMILES string of the molecule is CC(C)Oc1ccc2ccc(-c3nnc4ccc([C@H](C)N5CC[C@H](N)C5)cn34)nc2c1. The Morgan fingerprint density at radius 1 is 1.06 bits per heavy atom. The van der Waals surface area contributed by atoms with Gasteiger partial charge in [0.1, 0.15) is 11.4 Å². The topological polar surface area (TPSA) is 81.6 Å². The molecule has 2 N–H and O–H groups in total. The zero-order valence-electron chi connectivity index (χ0n) is 18.2. The second kappa shape index (κ2) is 7.90. The van der Waals surface area contributed by atoms with Crippen LogP contribution < -0.4 is 10.5 Å². The molecular weight excluding hydrogens is 388 g/mol. The highest BCUT2D eigenvalue weighted by molar-refractivity contribution is 5.82. The Hall–Kier alpha value is -3.03. The van der Waals surface area contributed by atoms with Gasteiger partial charge in [-0.05, 0) is 57.0 Å². The van der Waals surface area contributed by atoms with Crippen molar-refractivity contribution in [2.75, 3.05) is 13.1 Å². The van der Waals surface area contributed by atoms with Crippen LogP contribution in [0.1, 0.15) is 38.8 Å². The minimum atomic E-state index is 0.117. The van der Waals surface area contributed by atoms with Gasteiger partial charge in [0.25, 0.3) is 0 Å². The summed E-state index contributed by atoms with van der Waals surface area (Å²) in [5.74, 6) is 1.55. The van der Waals surface area contributed by atoms with Crippen molar-refractivity contribution in [3.63, 3.8) is 0 Å². The van der Waals surface area contributed by atoms with Gasteiger partial charge in [0, 0.05) is 42.8 Å². The molecule has 7 heteroatoms. The van der Waals surface area contributed by atoms with E-state index in [1.54, 1.807) is 0 Å². The molecule has 7 nitrogen and oxygen atoms in total. The van der Waals surface area contributed by atoms with Crippen molar-refractivity contribution in [2.45, 2.75) is 45.4 Å². The molecule has 31 heavy (non-hydrogen) atoms. The summed E-state index contributed by atoms with van der Waals surface area (Å²) in [5, 5.41) is 9.86. The van der Waals surface area contributed by atoms with Gasteiger partial charge in [-0.1, -0.05) is 12.1 Å². The van der Waals surface area contributed by atoms with Crippen molar-refractivity contribution in [3.8, 4) is 17.3 Å². The van der Waals surface area contributed by atoms with Crippen molar-refractivity contribution in [3.05, 3.63) is 54.2 Å². The lowest BCUT2D eigenvalue weighted by Crippen LogP contribution is -2.28. The lowest BCUT2D eigenvalue weighted by molar-refractivity contribution is 0.242. The molecule has 1 saturated heterocycles. The number of rotatable bonds is 5. The molecule has 0 radical (unpaired) electrons. The third-order valence-corrected chi connectivity index (χ3v) is 5.98. The zero-order chi connectivity index (χ0) is 21.5. The van der Waals surface area contributed by atoms with E-state index in [9.17, 15) is 0 Å². The Kier molecular flexibility index (Phi) is 5.08. The van der Waals surface area contributed by atoms with Crippen molar-refractivity contribution in [1.82, 2.24) is 24.5 Å². The normalized spacial score (nSPS) is 18.3. The molecule has 0 unspecified atom stereocenters. The number of hydrogen-bond acceptors (Lipinski definition) is 6. The first kappa shape index (κ1) is 19.9. The van der Waals surface area contributed by atoms with Crippen molar-refractivity contribution >= 4 is 16.6 Å². The van der Waals surface area contributed by atoms with Gasteiger partial charge in [0.15, 0.2) is 11.5 Å². The molecule has 1 aliphatic heterocycles. The van der Waals surface area contributed by atoms with Crippen molar-refractivity contribution < 1.29 is 4.74 Å². The van der Waals surface area contributed by atoms with Crippen LogP contribution in [0.4, 0.5) is 0 Å². The molecule has 0 bridgehead atoms. The van der Waals surface area contributed by atoms with Crippen LogP contribution in [0.25, 0.3) is 28.1 Å². The highest BCUT2D eigenvalue weighted by Gasteiger charge is 2.25. The minimum absolute atomic E-state index is 0.117. The predicted octanol–water partition coefficient (Wildman–Crippen LogP) is 3.83. The zero-order valence-corrected chi connectivity index (χ0v) is 18.2. The Morgan fingerprint density at radius 2 is 1.90 bits per heavy atom. The summed E-state index contributed by atoms with van der Waals surface area (Å²) in [6.07, 6.45) is 3.30. The van der Waals surface area contributed by atoms with E-state index in [2.05, 4.69) is 40.4 Å². The van der Waals surface area contributed by atoms with Gasteiger partial charge in [-0.3, -0.25) is 9.30 Å². The summed E-state index contributed by atoms with van der Waals surface area (Å²) in [5.41, 5.74) is 9.80. The number of nitrogens with zero attached hydrogens (tertiary/aromatic N) is 5. The van der Waals surface area contributed by atoms with E-state index in [-0.39, 0.29) is 18.2 Å². The monoisotopic (exact) mass is 416 g/mol. The van der Waals surface area contributed by atoms with E-state index in [0.29, 0.717) is 0 Å². The molecule has 4 aromatic rings. The fourth-order valence-corrected chi connectivity index (χ4v) is 4.27. The van der Waals surface area contributed by atoms with Crippen LogP contribution >= 0.6 is 0 Å². The number of pyridine rings is 2. The average Bonchev–Trinajstić information content (AvgIpc) is 3.38. The molecule has 1 aromatic carbocycles. The molecule has 3 aromatic heterocycles. The number of nitrogens with two attached hydrogens (primary N) is 1. The summed E-state index contributed by atoms with van der Waals surface area (Å²) in [6, 6.07) is 14.8. The van der Waals surface area contributed by atoms with Crippen LogP contribution in [0.3, 0.4) is 0 Å². The summed E-state index contributed by atoms with van der Waals surface area (Å²) in [6.45, 7) is 8.23. The molecule has 4 heterocycles. The number of likely N-dealkylation sites (tertiary alicyclic amines) is 1. The van der Waals surface area contributed by atoms with E-state index >= 15 is 0 Å². The highest BCUT2D eigenvalue weighted by Crippen LogP contribution is 2.27. The van der Waals surface area contributed by atoms with Gasteiger partial charge in [-0.25, -0.2) is 4.98 Å². The number of fused-ring (bicyclic) bond motifs is 2. The Bertz CT molecular complexity index is 1230. The van der Waals surface area contributed by atoms with Crippen molar-refractivity contribution in [1.29, 1.82) is 0 Å². The van der Waals surface area contributed by atoms with Crippen molar-refractivity contribution in [2.24, 2.45) is 5.73 Å². The number of benzene rings is 1. The Morgan fingerprint density at radius 3 is 2.68 bits per heavy atom. The van der Waals surface area contributed by atoms with Crippen LogP contribution in [0.15, 0.2) is 48.7 Å². The van der Waals surface area contributed by atoms with E-state index in [1.807, 2.05) is 48.6 Å². The maximum absolute atomic E-state index is 6.11. The number of aromatic nitrogens is 4. The summed E-state index contributed by atoms with van der Waals surface area (Å²) < 4.78 is 7.87. The fraction of sp³-hybridized carbons (Fsp3) is 0.375. The standard InChI is InChI=1S/C24H28N6O/c1-15(2)31-20-7-4-17-5-8-21(26-22(17)12-20)24-28-27-23-9-6-18(13-30(23)24)16(3)29-11-10-19(25)14-29/h4-9,12-13,15-16,19H,10-11,14,25H2,1-3H3/t16-,19-/m0/s1. The molecule has 5 rings (SSSR count). The van der Waals surface area contributed by atoms with Gasteiger partial charge in [-0.15, -0.1) is 10.2 Å². The predicted molar refractivity (Wildman–Crippen MR) is 122 cm³/mol. The third kappa shape index (κ3) is 3.86. The minimum Gasteiger partial charge on any atom is -0.491 e. The third-order valence-electron chi connectivity index (χ3n) is 5.98. The smallest absolute Gasteiger partial charge is 0.187 e. The first-order chi connectivity index (χ1) is 15.0. The van der Waals surface area contributed by atoms with Crippen LogP contribution in [-0.2, 0) is 0 Å². The second-order valence-electron chi connectivity index (χ2n) is 8.65. The van der Waals surface area contributed by atoms with E-state index in [0.717, 1.165) is 53.3 Å². The van der Waals surface area contributed by atoms with Crippen LogP contribution in [-0.4, -0.2) is 49.7 Å². The molecule has 1 fully saturated rings. The lowest BCUT2D eigenvalue weighted by Gasteiger charge is -2.24. The fourth-order valence-electron chi connectivity index (χ4n) is 4.27. The van der Waals surface area contributed by atoms with Gasteiger partial charge in [-0.2, -0.15) is 0 Å². The van der Waals surface area contributed by atoms with E-state index in [4.69, 9.17) is 15.5 Å². The largest absolute Gasteiger partial charge is 0.491 e. The summed E-state index contributed by atoms with van der Waals surface area (Å²) in [4.78, 5) is 7.30. The molecule has 0 saturated carbocycles. The number of hydrogen-bond donors (Lipinski definition) is 1. The maximum Gasteiger partial charge on any atom is 0.187 e. The van der Waals surface area contributed by atoms with E-state index < -0.39 is 0 Å². The van der Waals surface area contributed by atoms with Crippen LogP contribution in [0, 0.1) is 0 Å². The molecule has 0 aliphatic carbocycles. The molecule has 2 atom stereocenters. The molecule has 1 aliphatic rings. The first-order valence-corrected chi connectivity index (χ1v) is 10.9. The lowest BCUT2D eigenvalue weighted by atomic mass is 10.1. The van der Waals surface area contributed by atoms with Gasteiger partial charge in [0.05, 0.1) is 11.6 Å². The second-order valence-corrected chi connectivity index (χ2v) is 8.65. The molecule has 0 spiro atoms. The van der Waals surface area contributed by atoms with Crippen LogP contribution in [0.2, 0.25) is 0 Å².